The summed E-state index contributed by atoms with van der Waals surface area (Å²) < 4.78 is 24.1. The maximum atomic E-state index is 13.3. The van der Waals surface area contributed by atoms with E-state index in [4.69, 9.17) is 15.2 Å². The fourth-order valence-corrected chi connectivity index (χ4v) is 2.00. The summed E-state index contributed by atoms with van der Waals surface area (Å²) in [6, 6.07) is 9.84. The molecule has 0 aliphatic heterocycles. The van der Waals surface area contributed by atoms with Crippen LogP contribution in [-0.2, 0) is 13.0 Å². The number of rotatable bonds is 6. The van der Waals surface area contributed by atoms with Gasteiger partial charge in [-0.15, -0.1) is 0 Å². The number of methoxy groups -OCH3 is 1. The Bertz CT molecular complexity index is 603. The molecule has 2 rings (SSSR count). The molecule has 1 atom stereocenters. The third-order valence-corrected chi connectivity index (χ3v) is 2.93. The highest BCUT2D eigenvalue weighted by Crippen LogP contribution is 2.22. The molecule has 4 nitrogen and oxygen atoms in total. The fraction of sp³-hybridized carbons (Fsp3) is 0.312. The molecule has 1 heterocycles. The van der Waals surface area contributed by atoms with E-state index in [1.165, 1.54) is 12.1 Å². The molecule has 21 heavy (non-hydrogen) atoms. The minimum atomic E-state index is -0.294. The van der Waals surface area contributed by atoms with E-state index in [2.05, 4.69) is 4.98 Å². The normalized spacial score (nSPS) is 12.0. The van der Waals surface area contributed by atoms with Crippen LogP contribution in [0.1, 0.15) is 18.2 Å². The number of pyridine rings is 1. The van der Waals surface area contributed by atoms with Crippen molar-refractivity contribution in [3.05, 3.63) is 53.5 Å². The summed E-state index contributed by atoms with van der Waals surface area (Å²) in [7, 11) is 1.56. The highest BCUT2D eigenvalue weighted by molar-refractivity contribution is 5.34. The second-order valence-electron chi connectivity index (χ2n) is 4.89. The number of hydrogen-bond acceptors (Lipinski definition) is 4. The van der Waals surface area contributed by atoms with Gasteiger partial charge in [0, 0.05) is 12.1 Å². The average Bonchev–Trinajstić information content (AvgIpc) is 2.46. The zero-order chi connectivity index (χ0) is 15.2. The number of nitrogens with two attached hydrogens (primary N) is 1. The third-order valence-electron chi connectivity index (χ3n) is 2.93. The maximum absolute atomic E-state index is 13.3. The van der Waals surface area contributed by atoms with Crippen molar-refractivity contribution in [2.24, 2.45) is 5.73 Å². The molecule has 0 aliphatic rings. The number of nitrogens with zero attached hydrogens (tertiary/aromatic N) is 1. The smallest absolute Gasteiger partial charge is 0.213 e. The lowest BCUT2D eigenvalue weighted by atomic mass is 10.1. The van der Waals surface area contributed by atoms with Gasteiger partial charge < -0.3 is 15.2 Å². The molecule has 1 unspecified atom stereocenters. The van der Waals surface area contributed by atoms with Crippen molar-refractivity contribution >= 4 is 0 Å². The van der Waals surface area contributed by atoms with E-state index < -0.39 is 0 Å². The van der Waals surface area contributed by atoms with E-state index in [9.17, 15) is 4.39 Å². The summed E-state index contributed by atoms with van der Waals surface area (Å²) >= 11 is 0. The first-order valence-corrected chi connectivity index (χ1v) is 6.75. The van der Waals surface area contributed by atoms with Crippen molar-refractivity contribution in [1.82, 2.24) is 4.98 Å². The van der Waals surface area contributed by atoms with Gasteiger partial charge in [-0.1, -0.05) is 6.07 Å². The van der Waals surface area contributed by atoms with Crippen molar-refractivity contribution in [2.75, 3.05) is 7.11 Å². The summed E-state index contributed by atoms with van der Waals surface area (Å²) in [5.41, 5.74) is 7.28. The highest BCUT2D eigenvalue weighted by Gasteiger charge is 2.09. The molecule has 0 aliphatic carbocycles. The van der Waals surface area contributed by atoms with E-state index >= 15 is 0 Å². The summed E-state index contributed by atoms with van der Waals surface area (Å²) in [6.45, 7) is 2.16. The van der Waals surface area contributed by atoms with Crippen LogP contribution in [0, 0.1) is 5.82 Å². The Morgan fingerprint density at radius 2 is 2.10 bits per heavy atom. The Balaban J connectivity index is 2.11. The second kappa shape index (κ2) is 7.04. The Morgan fingerprint density at radius 3 is 2.81 bits per heavy atom. The molecule has 0 fully saturated rings. The Labute approximate surface area is 123 Å². The third kappa shape index (κ3) is 4.43. The molecule has 0 bridgehead atoms. The van der Waals surface area contributed by atoms with Crippen LogP contribution in [0.25, 0.3) is 0 Å². The first kappa shape index (κ1) is 15.3. The van der Waals surface area contributed by atoms with Crippen LogP contribution in [0.15, 0.2) is 36.4 Å². The van der Waals surface area contributed by atoms with Gasteiger partial charge in [0.25, 0.3) is 0 Å². The van der Waals surface area contributed by atoms with Crippen LogP contribution in [0.5, 0.6) is 11.6 Å². The van der Waals surface area contributed by atoms with Gasteiger partial charge in [0.15, 0.2) is 0 Å². The molecule has 1 aromatic heterocycles. The predicted molar refractivity (Wildman–Crippen MR) is 78.9 cm³/mol. The van der Waals surface area contributed by atoms with Crippen molar-refractivity contribution < 1.29 is 13.9 Å². The summed E-state index contributed by atoms with van der Waals surface area (Å²) in [5, 5.41) is 0. The molecule has 0 radical (unpaired) electrons. The molecule has 112 valence electrons. The molecule has 0 amide bonds. The number of ether oxygens (including phenoxy) is 2. The lowest BCUT2D eigenvalue weighted by Gasteiger charge is -2.13. The largest absolute Gasteiger partial charge is 0.487 e. The molecule has 1 aromatic carbocycles. The lowest BCUT2D eigenvalue weighted by molar-refractivity contribution is 0.294. The number of aromatic nitrogens is 1. The van der Waals surface area contributed by atoms with E-state index in [0.717, 1.165) is 11.3 Å². The number of hydrogen-bond donors (Lipinski definition) is 1. The van der Waals surface area contributed by atoms with Crippen molar-refractivity contribution in [3.63, 3.8) is 0 Å². The second-order valence-corrected chi connectivity index (χ2v) is 4.89. The van der Waals surface area contributed by atoms with Crippen LogP contribution >= 0.6 is 0 Å². The average molecular weight is 290 g/mol. The van der Waals surface area contributed by atoms with Crippen LogP contribution < -0.4 is 15.2 Å². The molecule has 0 saturated carbocycles. The van der Waals surface area contributed by atoms with Crippen LogP contribution in [-0.4, -0.2) is 18.1 Å². The first-order chi connectivity index (χ1) is 10.1. The molecule has 2 N–H and O–H groups in total. The number of benzene rings is 1. The van der Waals surface area contributed by atoms with Gasteiger partial charge in [-0.3, -0.25) is 0 Å². The molecule has 5 heteroatoms. The fourth-order valence-electron chi connectivity index (χ4n) is 2.00. The van der Waals surface area contributed by atoms with Crippen molar-refractivity contribution in [2.45, 2.75) is 26.0 Å². The van der Waals surface area contributed by atoms with E-state index in [0.29, 0.717) is 18.1 Å². The lowest BCUT2D eigenvalue weighted by Crippen LogP contribution is -2.18. The predicted octanol–water partition coefficient (Wildman–Crippen LogP) is 2.70. The molecule has 0 saturated heterocycles. The van der Waals surface area contributed by atoms with Gasteiger partial charge in [-0.25, -0.2) is 9.37 Å². The van der Waals surface area contributed by atoms with Gasteiger partial charge in [-0.05, 0) is 43.2 Å². The van der Waals surface area contributed by atoms with E-state index in [-0.39, 0.29) is 18.5 Å². The maximum Gasteiger partial charge on any atom is 0.213 e. The minimum absolute atomic E-state index is 0.0657. The van der Waals surface area contributed by atoms with Crippen LogP contribution in [0.3, 0.4) is 0 Å². The SMILES string of the molecule is COc1cccc(COc2ccc(F)cc2CC(C)N)n1. The van der Waals surface area contributed by atoms with Crippen LogP contribution in [0.4, 0.5) is 4.39 Å². The quantitative estimate of drug-likeness (QED) is 0.888. The zero-order valence-corrected chi connectivity index (χ0v) is 12.2. The van der Waals surface area contributed by atoms with Crippen molar-refractivity contribution in [3.8, 4) is 11.6 Å². The molecule has 0 spiro atoms. The number of halogens is 1. The van der Waals surface area contributed by atoms with E-state index in [1.807, 2.05) is 19.1 Å². The van der Waals surface area contributed by atoms with Crippen LogP contribution in [0.2, 0.25) is 0 Å². The summed E-state index contributed by atoms with van der Waals surface area (Å²) in [4.78, 5) is 4.27. The van der Waals surface area contributed by atoms with Crippen molar-refractivity contribution in [1.29, 1.82) is 0 Å². The standard InChI is InChI=1S/C16H19FN2O2/c1-11(18)8-12-9-13(17)6-7-15(12)21-10-14-4-3-5-16(19-14)20-2/h3-7,9,11H,8,10,18H2,1-2H3. The van der Waals surface area contributed by atoms with Gasteiger partial charge in [0.2, 0.25) is 5.88 Å². The Kier molecular flexibility index (Phi) is 5.11. The minimum Gasteiger partial charge on any atom is -0.487 e. The summed E-state index contributed by atoms with van der Waals surface area (Å²) in [6.07, 6.45) is 0.554. The van der Waals surface area contributed by atoms with Gasteiger partial charge in [0.05, 0.1) is 12.8 Å². The molecular formula is C16H19FN2O2. The Morgan fingerprint density at radius 1 is 1.29 bits per heavy atom. The van der Waals surface area contributed by atoms with Gasteiger partial charge in [-0.2, -0.15) is 0 Å². The van der Waals surface area contributed by atoms with Gasteiger partial charge in [0.1, 0.15) is 18.2 Å². The monoisotopic (exact) mass is 290 g/mol. The van der Waals surface area contributed by atoms with Gasteiger partial charge >= 0.3 is 0 Å². The van der Waals surface area contributed by atoms with E-state index in [1.54, 1.807) is 19.2 Å². The molecular weight excluding hydrogens is 271 g/mol. The zero-order valence-electron chi connectivity index (χ0n) is 12.2. The highest BCUT2D eigenvalue weighted by atomic mass is 19.1. The molecule has 2 aromatic rings. The summed E-state index contributed by atoms with van der Waals surface area (Å²) in [5.74, 6) is 0.863. The Hall–Kier alpha value is -2.14. The topological polar surface area (TPSA) is 57.4 Å². The first-order valence-electron chi connectivity index (χ1n) is 6.75.